The number of amides is 2. The zero-order valence-electron chi connectivity index (χ0n) is 25.2. The van der Waals surface area contributed by atoms with E-state index in [9.17, 15) is 14.7 Å². The number of nitrogens with zero attached hydrogens (tertiary/aromatic N) is 5. The number of pyridine rings is 1. The maximum atomic E-state index is 13.3. The first-order valence-corrected chi connectivity index (χ1v) is 15.9. The van der Waals surface area contributed by atoms with Gasteiger partial charge in [0.05, 0.1) is 22.3 Å². The normalized spacial score (nSPS) is 20.7. The van der Waals surface area contributed by atoms with Crippen molar-refractivity contribution in [2.45, 2.75) is 77.0 Å². The Bertz CT molecular complexity index is 1690. The number of carbonyl (C=O) groups is 2. The smallest absolute Gasteiger partial charge is 0.255 e. The van der Waals surface area contributed by atoms with Crippen molar-refractivity contribution in [2.24, 2.45) is 11.7 Å². The summed E-state index contributed by atoms with van der Waals surface area (Å²) >= 11 is 0. The second-order valence-electron chi connectivity index (χ2n) is 13.0. The molecule has 0 radical (unpaired) electrons. The molecule has 0 spiro atoms. The van der Waals surface area contributed by atoms with E-state index in [1.54, 1.807) is 11.8 Å². The van der Waals surface area contributed by atoms with Crippen LogP contribution in [0.4, 0.5) is 0 Å². The van der Waals surface area contributed by atoms with E-state index in [0.717, 1.165) is 61.2 Å². The lowest BCUT2D eigenvalue weighted by molar-refractivity contribution is -0.140. The van der Waals surface area contributed by atoms with Crippen LogP contribution < -0.4 is 5.73 Å². The lowest BCUT2D eigenvalue weighted by Crippen LogP contribution is -2.45. The summed E-state index contributed by atoms with van der Waals surface area (Å²) in [6, 6.07) is 12.9. The van der Waals surface area contributed by atoms with Crippen LogP contribution in [0.1, 0.15) is 72.9 Å². The van der Waals surface area contributed by atoms with E-state index >= 15 is 0 Å². The summed E-state index contributed by atoms with van der Waals surface area (Å²) in [4.78, 5) is 29.4. The predicted molar refractivity (Wildman–Crippen MR) is 167 cm³/mol. The summed E-state index contributed by atoms with van der Waals surface area (Å²) in [5, 5.41) is 16.1. The molecule has 4 aromatic rings. The van der Waals surface area contributed by atoms with Crippen LogP contribution in [0.25, 0.3) is 27.8 Å². The average molecular weight is 583 g/mol. The van der Waals surface area contributed by atoms with Gasteiger partial charge in [0.25, 0.3) is 11.8 Å². The van der Waals surface area contributed by atoms with Crippen molar-refractivity contribution < 1.29 is 14.7 Å². The van der Waals surface area contributed by atoms with E-state index in [0.29, 0.717) is 37.0 Å². The zero-order valence-corrected chi connectivity index (χ0v) is 25.2. The van der Waals surface area contributed by atoms with Crippen molar-refractivity contribution in [3.05, 3.63) is 59.3 Å². The molecule has 1 saturated carbocycles. The Morgan fingerprint density at radius 1 is 1.05 bits per heavy atom. The molecule has 3 fully saturated rings. The van der Waals surface area contributed by atoms with Crippen molar-refractivity contribution in [3.8, 4) is 11.4 Å². The van der Waals surface area contributed by atoms with Crippen molar-refractivity contribution in [1.82, 2.24) is 24.0 Å². The Kier molecular flexibility index (Phi) is 7.26. The van der Waals surface area contributed by atoms with E-state index in [-0.39, 0.29) is 17.9 Å². The topological polar surface area (TPSA) is 109 Å². The highest BCUT2D eigenvalue weighted by atomic mass is 16.3. The summed E-state index contributed by atoms with van der Waals surface area (Å²) in [5.74, 6) is 0.856. The molecule has 3 aromatic heterocycles. The number of piperidine rings is 2. The fourth-order valence-corrected chi connectivity index (χ4v) is 7.22. The Morgan fingerprint density at radius 3 is 2.56 bits per heavy atom. The van der Waals surface area contributed by atoms with E-state index in [1.165, 1.54) is 29.3 Å². The molecule has 2 aliphatic heterocycles. The first-order chi connectivity index (χ1) is 20.8. The Labute approximate surface area is 252 Å². The van der Waals surface area contributed by atoms with Crippen LogP contribution >= 0.6 is 0 Å². The lowest BCUT2D eigenvalue weighted by Gasteiger charge is -2.33. The van der Waals surface area contributed by atoms with Gasteiger partial charge in [-0.1, -0.05) is 18.2 Å². The molecule has 1 aliphatic carbocycles. The first kappa shape index (κ1) is 28.1. The number of carbonyl (C=O) groups excluding carboxylic acids is 2. The summed E-state index contributed by atoms with van der Waals surface area (Å²) < 4.78 is 4.36. The molecule has 7 rings (SSSR count). The largest absolute Gasteiger partial charge is 0.384 e. The van der Waals surface area contributed by atoms with Crippen LogP contribution in [0.3, 0.4) is 0 Å². The van der Waals surface area contributed by atoms with Gasteiger partial charge >= 0.3 is 0 Å². The van der Waals surface area contributed by atoms with Crippen LogP contribution in [-0.2, 0) is 11.3 Å². The summed E-state index contributed by atoms with van der Waals surface area (Å²) in [6.07, 6.45) is 7.07. The van der Waals surface area contributed by atoms with Crippen LogP contribution in [-0.4, -0.2) is 79.2 Å². The number of hydrogen-bond acceptors (Lipinski definition) is 5. The first-order valence-electron chi connectivity index (χ1n) is 15.9. The second-order valence-corrected chi connectivity index (χ2v) is 13.0. The van der Waals surface area contributed by atoms with Gasteiger partial charge in [0.2, 0.25) is 0 Å². The number of para-hydroxylation sites is 1. The highest BCUT2D eigenvalue weighted by Gasteiger charge is 2.31. The predicted octanol–water partition coefficient (Wildman–Crippen LogP) is 4.32. The molecule has 5 heterocycles. The molecular formula is C34H42N6O3. The molecule has 1 aromatic carbocycles. The van der Waals surface area contributed by atoms with Gasteiger partial charge in [0.1, 0.15) is 11.8 Å². The number of aromatic nitrogens is 3. The number of aliphatic hydroxyl groups is 1. The maximum absolute atomic E-state index is 13.3. The number of benzene rings is 1. The summed E-state index contributed by atoms with van der Waals surface area (Å²) in [6.45, 7) is 7.30. The Balaban J connectivity index is 1.25. The van der Waals surface area contributed by atoms with Gasteiger partial charge in [-0.2, -0.15) is 5.10 Å². The van der Waals surface area contributed by atoms with Crippen molar-refractivity contribution in [2.75, 3.05) is 26.2 Å². The third-order valence-corrected chi connectivity index (χ3v) is 9.80. The number of fused-ring (bicyclic) bond motifs is 2. The third-order valence-electron chi connectivity index (χ3n) is 9.80. The summed E-state index contributed by atoms with van der Waals surface area (Å²) in [5.41, 5.74) is 13.6. The second kappa shape index (κ2) is 11.1. The molecule has 9 heteroatoms. The average Bonchev–Trinajstić information content (AvgIpc) is 3.68. The molecule has 2 saturated heterocycles. The molecule has 3 aliphatic rings. The number of aryl methyl sites for hydroxylation is 1. The highest BCUT2D eigenvalue weighted by Crippen LogP contribution is 2.41. The van der Waals surface area contributed by atoms with E-state index in [1.807, 2.05) is 27.7 Å². The summed E-state index contributed by atoms with van der Waals surface area (Å²) in [7, 11) is 0. The lowest BCUT2D eigenvalue weighted by atomic mass is 9.88. The fourth-order valence-electron chi connectivity index (χ4n) is 7.22. The van der Waals surface area contributed by atoms with E-state index < -0.39 is 6.10 Å². The molecule has 9 nitrogen and oxygen atoms in total. The minimum absolute atomic E-state index is 0.0143. The standard InChI is InChI=1S/C34H42N6O3/c1-21-29-11-10-26(34(43)38-14-4-6-27(35)20-38)19-40(29)36-31(21)30-17-25-5-3-7-28(32(25)39(30)18-23-8-9-23)24-12-15-37(16-13-24)33(42)22(2)41/h3,5,7,10-11,17,19,22-24,27,41H,4,6,8-9,12-16,18,20,35H2,1-2H3/t22-,27-/m1/s1. The van der Waals surface area contributed by atoms with Crippen LogP contribution in [0, 0.1) is 12.8 Å². The van der Waals surface area contributed by atoms with Crippen molar-refractivity contribution in [3.63, 3.8) is 0 Å². The number of nitrogens with two attached hydrogens (primary N) is 1. The number of aliphatic hydroxyl groups excluding tert-OH is 1. The molecular weight excluding hydrogens is 540 g/mol. The molecule has 2 amide bonds. The van der Waals surface area contributed by atoms with E-state index in [2.05, 4.69) is 35.8 Å². The minimum Gasteiger partial charge on any atom is -0.384 e. The Hall–Kier alpha value is -3.69. The number of rotatable bonds is 6. The van der Waals surface area contributed by atoms with Crippen molar-refractivity contribution >= 4 is 28.2 Å². The maximum Gasteiger partial charge on any atom is 0.255 e. The zero-order chi connectivity index (χ0) is 29.8. The quantitative estimate of drug-likeness (QED) is 0.352. The SMILES string of the molecule is Cc1c(-c2cc3cccc(C4CCN(C(=O)[C@@H](C)O)CC4)c3n2CC2CC2)nn2cc(C(=O)N3CCC[C@@H](N)C3)ccc12. The van der Waals surface area contributed by atoms with Crippen LogP contribution in [0.2, 0.25) is 0 Å². The van der Waals surface area contributed by atoms with Crippen LogP contribution in [0.15, 0.2) is 42.6 Å². The monoisotopic (exact) mass is 582 g/mol. The molecule has 3 N–H and O–H groups in total. The highest BCUT2D eigenvalue weighted by molar-refractivity contribution is 5.95. The van der Waals surface area contributed by atoms with Gasteiger partial charge in [0, 0.05) is 55.9 Å². The third kappa shape index (κ3) is 5.23. The molecule has 43 heavy (non-hydrogen) atoms. The van der Waals surface area contributed by atoms with Gasteiger partial charge in [-0.05, 0) is 88.0 Å². The number of hydrogen-bond donors (Lipinski definition) is 2. The van der Waals surface area contributed by atoms with Gasteiger partial charge < -0.3 is 25.2 Å². The van der Waals surface area contributed by atoms with Gasteiger partial charge in [-0.3, -0.25) is 9.59 Å². The molecule has 226 valence electrons. The molecule has 0 bridgehead atoms. The fraction of sp³-hybridized carbons (Fsp3) is 0.500. The van der Waals surface area contributed by atoms with E-state index in [4.69, 9.17) is 10.8 Å². The molecule has 0 unspecified atom stereocenters. The minimum atomic E-state index is -0.954. The van der Waals surface area contributed by atoms with Gasteiger partial charge in [-0.25, -0.2) is 4.52 Å². The van der Waals surface area contributed by atoms with Crippen LogP contribution in [0.5, 0.6) is 0 Å². The van der Waals surface area contributed by atoms with Gasteiger partial charge in [0.15, 0.2) is 0 Å². The van der Waals surface area contributed by atoms with Gasteiger partial charge in [-0.15, -0.1) is 0 Å². The number of likely N-dealkylation sites (tertiary alicyclic amines) is 2. The molecule has 2 atom stereocenters. The van der Waals surface area contributed by atoms with Crippen molar-refractivity contribution in [1.29, 1.82) is 0 Å². The Morgan fingerprint density at radius 2 is 1.84 bits per heavy atom.